The number of carboxylic acids is 1. The Morgan fingerprint density at radius 3 is 2.65 bits per heavy atom. The van der Waals surface area contributed by atoms with Gasteiger partial charge in [0.15, 0.2) is 5.69 Å². The number of anilines is 1. The van der Waals surface area contributed by atoms with Crippen molar-refractivity contribution in [2.45, 2.75) is 13.8 Å². The molecule has 1 aliphatic heterocycles. The number of carbonyl (C=O) groups is 1. The van der Waals surface area contributed by atoms with E-state index in [-0.39, 0.29) is 11.7 Å². The summed E-state index contributed by atoms with van der Waals surface area (Å²) in [7, 11) is 0. The summed E-state index contributed by atoms with van der Waals surface area (Å²) in [5.41, 5.74) is -0.0525. The molecule has 1 fully saturated rings. The fourth-order valence-corrected chi connectivity index (χ4v) is 2.39. The number of carboxylic acid groups (broad SMARTS) is 1. The highest BCUT2D eigenvalue weighted by Gasteiger charge is 2.15. The molecule has 0 bridgehead atoms. The Bertz CT molecular complexity index is 516. The van der Waals surface area contributed by atoms with Gasteiger partial charge in [0.2, 0.25) is 0 Å². The first-order chi connectivity index (χ1) is 11.1. The van der Waals surface area contributed by atoms with Crippen LogP contribution in [0.25, 0.3) is 0 Å². The van der Waals surface area contributed by atoms with Crippen LogP contribution in [0.1, 0.15) is 24.3 Å². The van der Waals surface area contributed by atoms with Gasteiger partial charge in [-0.1, -0.05) is 0 Å². The SMILES string of the molecule is CCN(CC)c1cc(C(=O)O)nc(OCCN2CCOCC2)n1. The normalized spacial score (nSPS) is 15.4. The molecule has 0 unspecified atom stereocenters. The number of morpholine rings is 1. The molecule has 1 saturated heterocycles. The van der Waals surface area contributed by atoms with Gasteiger partial charge < -0.3 is 19.5 Å². The first-order valence-corrected chi connectivity index (χ1v) is 7.94. The molecule has 2 heterocycles. The molecule has 128 valence electrons. The van der Waals surface area contributed by atoms with E-state index in [2.05, 4.69) is 14.9 Å². The predicted octanol–water partition coefficient (Wildman–Crippen LogP) is 0.732. The van der Waals surface area contributed by atoms with Gasteiger partial charge in [0, 0.05) is 38.8 Å². The van der Waals surface area contributed by atoms with Crippen LogP contribution >= 0.6 is 0 Å². The van der Waals surface area contributed by atoms with Crippen molar-refractivity contribution in [1.82, 2.24) is 14.9 Å². The van der Waals surface area contributed by atoms with Gasteiger partial charge in [0.25, 0.3) is 0 Å². The number of ether oxygens (including phenoxy) is 2. The van der Waals surface area contributed by atoms with Crippen molar-refractivity contribution in [2.75, 3.05) is 57.4 Å². The van der Waals surface area contributed by atoms with Gasteiger partial charge >= 0.3 is 12.0 Å². The van der Waals surface area contributed by atoms with Crippen molar-refractivity contribution in [3.8, 4) is 6.01 Å². The molecule has 0 amide bonds. The Morgan fingerprint density at radius 1 is 1.35 bits per heavy atom. The fraction of sp³-hybridized carbons (Fsp3) is 0.667. The molecule has 0 spiro atoms. The van der Waals surface area contributed by atoms with E-state index < -0.39 is 5.97 Å². The molecule has 1 N–H and O–H groups in total. The lowest BCUT2D eigenvalue weighted by Crippen LogP contribution is -2.38. The number of rotatable bonds is 8. The molecular formula is C15H24N4O4. The molecule has 8 nitrogen and oxygen atoms in total. The van der Waals surface area contributed by atoms with Crippen LogP contribution in [0.2, 0.25) is 0 Å². The topological polar surface area (TPSA) is 88.0 Å². The molecule has 0 atom stereocenters. The molecule has 0 aliphatic carbocycles. The average molecular weight is 324 g/mol. The highest BCUT2D eigenvalue weighted by molar-refractivity contribution is 5.86. The maximum atomic E-state index is 11.2. The highest BCUT2D eigenvalue weighted by atomic mass is 16.5. The summed E-state index contributed by atoms with van der Waals surface area (Å²) in [5, 5.41) is 9.20. The maximum Gasteiger partial charge on any atom is 0.354 e. The van der Waals surface area contributed by atoms with Gasteiger partial charge in [-0.2, -0.15) is 9.97 Å². The van der Waals surface area contributed by atoms with Crippen LogP contribution in [0.4, 0.5) is 5.82 Å². The molecule has 0 aromatic carbocycles. The standard InChI is InChI=1S/C15H24N4O4/c1-3-19(4-2)13-11-12(14(20)21)16-15(17-13)23-10-7-18-5-8-22-9-6-18/h11H,3-10H2,1-2H3,(H,20,21). The van der Waals surface area contributed by atoms with Crippen LogP contribution in [-0.4, -0.2) is 78.5 Å². The van der Waals surface area contributed by atoms with Crippen molar-refractivity contribution in [2.24, 2.45) is 0 Å². The largest absolute Gasteiger partial charge is 0.477 e. The van der Waals surface area contributed by atoms with Crippen molar-refractivity contribution in [1.29, 1.82) is 0 Å². The van der Waals surface area contributed by atoms with E-state index in [0.29, 0.717) is 12.4 Å². The lowest BCUT2D eigenvalue weighted by molar-refractivity contribution is 0.0316. The van der Waals surface area contributed by atoms with E-state index in [1.807, 2.05) is 18.7 Å². The lowest BCUT2D eigenvalue weighted by atomic mass is 10.3. The summed E-state index contributed by atoms with van der Waals surface area (Å²) in [6, 6.07) is 1.59. The molecule has 8 heteroatoms. The molecule has 0 saturated carbocycles. The van der Waals surface area contributed by atoms with E-state index in [4.69, 9.17) is 9.47 Å². The number of aromatic nitrogens is 2. The zero-order valence-corrected chi connectivity index (χ0v) is 13.7. The van der Waals surface area contributed by atoms with Crippen LogP contribution < -0.4 is 9.64 Å². The first kappa shape index (κ1) is 17.4. The Balaban J connectivity index is 2.02. The number of aromatic carboxylic acids is 1. The maximum absolute atomic E-state index is 11.2. The average Bonchev–Trinajstić information content (AvgIpc) is 2.57. The van der Waals surface area contributed by atoms with Crippen LogP contribution in [0.15, 0.2) is 6.07 Å². The second-order valence-electron chi connectivity index (χ2n) is 5.17. The minimum Gasteiger partial charge on any atom is -0.477 e. The van der Waals surface area contributed by atoms with Crippen LogP contribution in [-0.2, 0) is 4.74 Å². The van der Waals surface area contributed by atoms with Gasteiger partial charge in [-0.25, -0.2) is 4.79 Å². The van der Waals surface area contributed by atoms with Crippen LogP contribution in [0, 0.1) is 0 Å². The number of hydrogen-bond donors (Lipinski definition) is 1. The molecule has 1 aromatic heterocycles. The van der Waals surface area contributed by atoms with E-state index in [1.165, 1.54) is 6.07 Å². The highest BCUT2D eigenvalue weighted by Crippen LogP contribution is 2.16. The predicted molar refractivity (Wildman–Crippen MR) is 85.3 cm³/mol. The van der Waals surface area contributed by atoms with Gasteiger partial charge in [-0.05, 0) is 13.8 Å². The van der Waals surface area contributed by atoms with Crippen LogP contribution in [0.3, 0.4) is 0 Å². The van der Waals surface area contributed by atoms with Crippen LogP contribution in [0.5, 0.6) is 6.01 Å². The molecular weight excluding hydrogens is 300 g/mol. The quantitative estimate of drug-likeness (QED) is 0.749. The molecule has 0 radical (unpaired) electrons. The Hall–Kier alpha value is -1.93. The molecule has 2 rings (SSSR count). The minimum atomic E-state index is -1.08. The smallest absolute Gasteiger partial charge is 0.354 e. The Kier molecular flexibility index (Phi) is 6.54. The minimum absolute atomic E-state index is 0.0525. The van der Waals surface area contributed by atoms with E-state index in [0.717, 1.165) is 45.9 Å². The molecule has 1 aliphatic rings. The summed E-state index contributed by atoms with van der Waals surface area (Å²) in [5.74, 6) is -0.511. The summed E-state index contributed by atoms with van der Waals surface area (Å²) in [4.78, 5) is 23.7. The van der Waals surface area contributed by atoms with Gasteiger partial charge in [-0.15, -0.1) is 0 Å². The number of hydrogen-bond acceptors (Lipinski definition) is 7. The van der Waals surface area contributed by atoms with E-state index in [1.54, 1.807) is 0 Å². The van der Waals surface area contributed by atoms with Gasteiger partial charge in [-0.3, -0.25) is 4.90 Å². The first-order valence-electron chi connectivity index (χ1n) is 7.94. The third-order valence-electron chi connectivity index (χ3n) is 3.74. The monoisotopic (exact) mass is 324 g/mol. The third kappa shape index (κ3) is 5.04. The van der Waals surface area contributed by atoms with E-state index >= 15 is 0 Å². The summed E-state index contributed by atoms with van der Waals surface area (Å²) >= 11 is 0. The van der Waals surface area contributed by atoms with E-state index in [9.17, 15) is 9.90 Å². The second kappa shape index (κ2) is 8.64. The summed E-state index contributed by atoms with van der Waals surface area (Å²) in [6.45, 7) is 9.84. The van der Waals surface area contributed by atoms with Gasteiger partial charge in [0.05, 0.1) is 13.2 Å². The fourth-order valence-electron chi connectivity index (χ4n) is 2.39. The number of nitrogens with zero attached hydrogens (tertiary/aromatic N) is 4. The Morgan fingerprint density at radius 2 is 2.04 bits per heavy atom. The summed E-state index contributed by atoms with van der Waals surface area (Å²) < 4.78 is 10.9. The Labute approximate surface area is 136 Å². The lowest BCUT2D eigenvalue weighted by Gasteiger charge is -2.26. The van der Waals surface area contributed by atoms with Gasteiger partial charge in [0.1, 0.15) is 12.4 Å². The second-order valence-corrected chi connectivity index (χ2v) is 5.17. The molecule has 1 aromatic rings. The third-order valence-corrected chi connectivity index (χ3v) is 3.74. The van der Waals surface area contributed by atoms with Crippen molar-refractivity contribution in [3.05, 3.63) is 11.8 Å². The summed E-state index contributed by atoms with van der Waals surface area (Å²) in [6.07, 6.45) is 0. The van der Waals surface area contributed by atoms with Crippen molar-refractivity contribution in [3.63, 3.8) is 0 Å². The zero-order valence-electron chi connectivity index (χ0n) is 13.7. The van der Waals surface area contributed by atoms with Crippen molar-refractivity contribution < 1.29 is 19.4 Å². The molecule has 23 heavy (non-hydrogen) atoms. The zero-order chi connectivity index (χ0) is 16.7. The van der Waals surface area contributed by atoms with Crippen molar-refractivity contribution >= 4 is 11.8 Å².